The molecule has 0 aliphatic carbocycles. The molecule has 0 atom stereocenters. The van der Waals surface area contributed by atoms with Crippen LogP contribution in [0.2, 0.25) is 0 Å². The molecule has 7 heteroatoms. The molecule has 1 aromatic heterocycles. The number of benzene rings is 1. The van der Waals surface area contributed by atoms with E-state index in [1.54, 1.807) is 0 Å². The van der Waals surface area contributed by atoms with Gasteiger partial charge in [0.15, 0.2) is 0 Å². The molecule has 0 bridgehead atoms. The van der Waals surface area contributed by atoms with Gasteiger partial charge in [-0.2, -0.15) is 0 Å². The smallest absolute Gasteiger partial charge is 0.350 e. The molecular formula is C18H21N3O3S. The molecule has 3 N–H and O–H groups in total. The molecule has 6 nitrogen and oxygen atoms in total. The fourth-order valence-corrected chi connectivity index (χ4v) is 3.82. The molecule has 1 fully saturated rings. The summed E-state index contributed by atoms with van der Waals surface area (Å²) in [7, 11) is 1.34. The van der Waals surface area contributed by atoms with E-state index in [9.17, 15) is 9.59 Å². The minimum atomic E-state index is -0.454. The minimum Gasteiger partial charge on any atom is -0.465 e. The Balaban J connectivity index is 1.77. The van der Waals surface area contributed by atoms with Gasteiger partial charge in [0.2, 0.25) is 0 Å². The van der Waals surface area contributed by atoms with E-state index in [4.69, 9.17) is 4.74 Å². The van der Waals surface area contributed by atoms with Gasteiger partial charge in [-0.05, 0) is 37.6 Å². The highest BCUT2D eigenvalue weighted by atomic mass is 32.1. The van der Waals surface area contributed by atoms with E-state index in [0.29, 0.717) is 10.6 Å². The lowest BCUT2D eigenvalue weighted by Crippen LogP contribution is -2.44. The Morgan fingerprint density at radius 1 is 1.20 bits per heavy atom. The van der Waals surface area contributed by atoms with Crippen molar-refractivity contribution >= 4 is 29.0 Å². The van der Waals surface area contributed by atoms with Crippen LogP contribution in [0.25, 0.3) is 10.4 Å². The van der Waals surface area contributed by atoms with Crippen molar-refractivity contribution in [1.29, 1.82) is 0 Å². The van der Waals surface area contributed by atoms with Crippen LogP contribution in [0, 0.1) is 0 Å². The Bertz CT molecular complexity index is 739. The van der Waals surface area contributed by atoms with E-state index in [-0.39, 0.29) is 12.1 Å². The molecule has 1 aliphatic rings. The number of ether oxygens (including phenoxy) is 1. The zero-order valence-electron chi connectivity index (χ0n) is 14.0. The maximum absolute atomic E-state index is 12.3. The third-order valence-electron chi connectivity index (χ3n) is 4.08. The number of piperidine rings is 1. The molecular weight excluding hydrogens is 338 g/mol. The van der Waals surface area contributed by atoms with Crippen LogP contribution in [0.15, 0.2) is 36.4 Å². The van der Waals surface area contributed by atoms with Crippen LogP contribution in [0.5, 0.6) is 0 Å². The van der Waals surface area contributed by atoms with Gasteiger partial charge in [0, 0.05) is 10.9 Å². The number of carbonyl (C=O) groups is 2. The third kappa shape index (κ3) is 4.37. The van der Waals surface area contributed by atoms with Gasteiger partial charge in [-0.3, -0.25) is 0 Å². The first-order chi connectivity index (χ1) is 12.2. The van der Waals surface area contributed by atoms with Crippen molar-refractivity contribution in [3.63, 3.8) is 0 Å². The molecule has 1 aromatic carbocycles. The molecule has 0 unspecified atom stereocenters. The van der Waals surface area contributed by atoms with Crippen LogP contribution < -0.4 is 16.0 Å². The predicted molar refractivity (Wildman–Crippen MR) is 99.1 cm³/mol. The largest absolute Gasteiger partial charge is 0.465 e. The van der Waals surface area contributed by atoms with Gasteiger partial charge in [-0.25, -0.2) is 9.59 Å². The van der Waals surface area contributed by atoms with Gasteiger partial charge in [0.25, 0.3) is 0 Å². The fraction of sp³-hybridized carbons (Fsp3) is 0.333. The number of urea groups is 1. The van der Waals surface area contributed by atoms with Crippen molar-refractivity contribution < 1.29 is 14.3 Å². The van der Waals surface area contributed by atoms with Crippen LogP contribution in [-0.4, -0.2) is 38.2 Å². The average Bonchev–Trinajstić information content (AvgIpc) is 3.06. The number of nitrogens with one attached hydrogen (secondary N) is 3. The van der Waals surface area contributed by atoms with Gasteiger partial charge < -0.3 is 20.7 Å². The summed E-state index contributed by atoms with van der Waals surface area (Å²) in [6.45, 7) is 1.80. The molecule has 0 radical (unpaired) electrons. The summed E-state index contributed by atoms with van der Waals surface area (Å²) >= 11 is 1.31. The van der Waals surface area contributed by atoms with E-state index >= 15 is 0 Å². The second kappa shape index (κ2) is 8.13. The molecule has 25 heavy (non-hydrogen) atoms. The summed E-state index contributed by atoms with van der Waals surface area (Å²) < 4.78 is 4.85. The lowest BCUT2D eigenvalue weighted by Gasteiger charge is -2.23. The standard InChI is InChI=1S/C18H21N3O3S/c1-24-17(22)16-14(11-15(25-16)12-5-3-2-4-6-12)21-18(23)20-13-7-9-19-10-8-13/h2-6,11,13,19H,7-10H2,1H3,(H2,20,21,23). The van der Waals surface area contributed by atoms with Crippen LogP contribution in [-0.2, 0) is 4.74 Å². The van der Waals surface area contributed by atoms with Crippen molar-refractivity contribution in [3.05, 3.63) is 41.3 Å². The highest BCUT2D eigenvalue weighted by molar-refractivity contribution is 7.18. The summed E-state index contributed by atoms with van der Waals surface area (Å²) in [5, 5.41) is 9.02. The topological polar surface area (TPSA) is 79.5 Å². The molecule has 3 rings (SSSR count). The summed E-state index contributed by atoms with van der Waals surface area (Å²) in [6, 6.07) is 11.4. The molecule has 0 saturated carbocycles. The van der Waals surface area contributed by atoms with Crippen molar-refractivity contribution in [1.82, 2.24) is 10.6 Å². The van der Waals surface area contributed by atoms with Crippen molar-refractivity contribution in [3.8, 4) is 10.4 Å². The van der Waals surface area contributed by atoms with Gasteiger partial charge in [0.05, 0.1) is 12.8 Å². The Kier molecular flexibility index (Phi) is 5.67. The Hall–Kier alpha value is -2.38. The maximum atomic E-state index is 12.3. The number of methoxy groups -OCH3 is 1. The quantitative estimate of drug-likeness (QED) is 0.733. The van der Waals surface area contributed by atoms with E-state index in [2.05, 4.69) is 16.0 Å². The minimum absolute atomic E-state index is 0.148. The number of thiophene rings is 1. The SMILES string of the molecule is COC(=O)c1sc(-c2ccccc2)cc1NC(=O)NC1CCNCC1. The lowest BCUT2D eigenvalue weighted by molar-refractivity contribution is 0.0607. The zero-order valence-corrected chi connectivity index (χ0v) is 14.8. The van der Waals surface area contributed by atoms with Crippen LogP contribution >= 0.6 is 11.3 Å². The average molecular weight is 359 g/mol. The Morgan fingerprint density at radius 2 is 1.92 bits per heavy atom. The molecule has 2 amide bonds. The first-order valence-corrected chi connectivity index (χ1v) is 9.05. The molecule has 2 heterocycles. The van der Waals surface area contributed by atoms with Crippen LogP contribution in [0.4, 0.5) is 10.5 Å². The van der Waals surface area contributed by atoms with Gasteiger partial charge in [-0.1, -0.05) is 30.3 Å². The van der Waals surface area contributed by atoms with Crippen LogP contribution in [0.3, 0.4) is 0 Å². The number of carbonyl (C=O) groups excluding carboxylic acids is 2. The second-order valence-electron chi connectivity index (χ2n) is 5.83. The molecule has 1 saturated heterocycles. The molecule has 2 aromatic rings. The number of amides is 2. The zero-order chi connectivity index (χ0) is 17.6. The predicted octanol–water partition coefficient (Wildman–Crippen LogP) is 3.08. The number of rotatable bonds is 4. The Morgan fingerprint density at radius 3 is 2.60 bits per heavy atom. The van der Waals surface area contributed by atoms with Crippen molar-refractivity contribution in [2.24, 2.45) is 0 Å². The maximum Gasteiger partial charge on any atom is 0.350 e. The number of esters is 1. The number of hydrogen-bond acceptors (Lipinski definition) is 5. The summed E-state index contributed by atoms with van der Waals surface area (Å²) in [6.07, 6.45) is 1.80. The highest BCUT2D eigenvalue weighted by Crippen LogP contribution is 2.35. The molecule has 132 valence electrons. The first kappa shape index (κ1) is 17.4. The molecule has 1 aliphatic heterocycles. The molecule has 0 spiro atoms. The summed E-state index contributed by atoms with van der Waals surface area (Å²) in [5.41, 5.74) is 1.46. The normalized spacial score (nSPS) is 14.8. The second-order valence-corrected chi connectivity index (χ2v) is 6.89. The van der Waals surface area contributed by atoms with E-state index in [1.807, 2.05) is 36.4 Å². The summed E-state index contributed by atoms with van der Waals surface area (Å²) in [5.74, 6) is -0.454. The van der Waals surface area contributed by atoms with E-state index in [0.717, 1.165) is 36.4 Å². The third-order valence-corrected chi connectivity index (χ3v) is 5.25. The Labute approximate surface area is 150 Å². The van der Waals surface area contributed by atoms with Crippen LogP contribution in [0.1, 0.15) is 22.5 Å². The van der Waals surface area contributed by atoms with Crippen molar-refractivity contribution in [2.45, 2.75) is 18.9 Å². The lowest BCUT2D eigenvalue weighted by atomic mass is 10.1. The monoisotopic (exact) mass is 359 g/mol. The number of hydrogen-bond donors (Lipinski definition) is 3. The summed E-state index contributed by atoms with van der Waals surface area (Å²) in [4.78, 5) is 25.6. The highest BCUT2D eigenvalue weighted by Gasteiger charge is 2.21. The van der Waals surface area contributed by atoms with Gasteiger partial charge >= 0.3 is 12.0 Å². The van der Waals surface area contributed by atoms with Gasteiger partial charge in [-0.15, -0.1) is 11.3 Å². The van der Waals surface area contributed by atoms with E-state index < -0.39 is 5.97 Å². The number of anilines is 1. The van der Waals surface area contributed by atoms with Crippen molar-refractivity contribution in [2.75, 3.05) is 25.5 Å². The van der Waals surface area contributed by atoms with E-state index in [1.165, 1.54) is 18.4 Å². The van der Waals surface area contributed by atoms with Gasteiger partial charge in [0.1, 0.15) is 4.88 Å². The first-order valence-electron chi connectivity index (χ1n) is 8.23. The fourth-order valence-electron chi connectivity index (χ4n) is 2.78.